The summed E-state index contributed by atoms with van der Waals surface area (Å²) in [7, 11) is 0. The largest absolute Gasteiger partial charge is 0.385 e. The van der Waals surface area contributed by atoms with Crippen LogP contribution in [0, 0.1) is 0 Å². The number of unbranched alkanes of at least 4 members (excludes halogenated alkanes) is 1. The Morgan fingerprint density at radius 2 is 1.40 bits per heavy atom. The standard InChI is InChI=1S/C16H20N2O2/c1-3-5-10-18-12-7-9-13(19)15-11(17-4-2)6-8-14(20)16(12)15/h6-9,17-18H,3-5,10H2,1-2H3. The number of likely N-dealkylation sites (N-methyl/N-ethyl adjacent to an activating group) is 1. The maximum Gasteiger partial charge on any atom is 0.188 e. The Morgan fingerprint density at radius 1 is 0.850 bits per heavy atom. The van der Waals surface area contributed by atoms with Gasteiger partial charge in [0.2, 0.25) is 0 Å². The Bertz CT molecular complexity index is 551. The van der Waals surface area contributed by atoms with Crippen molar-refractivity contribution in [2.45, 2.75) is 26.7 Å². The zero-order valence-electron chi connectivity index (χ0n) is 12.0. The maximum absolute atomic E-state index is 12.1. The van der Waals surface area contributed by atoms with E-state index in [2.05, 4.69) is 17.6 Å². The number of rotatable bonds is 6. The number of ketones is 2. The number of allylic oxidation sites excluding steroid dienone is 6. The van der Waals surface area contributed by atoms with Gasteiger partial charge in [-0.05, 0) is 37.6 Å². The lowest BCUT2D eigenvalue weighted by atomic mass is 9.86. The fraction of sp³-hybridized carbons (Fsp3) is 0.375. The first kappa shape index (κ1) is 14.3. The summed E-state index contributed by atoms with van der Waals surface area (Å²) in [6.07, 6.45) is 8.55. The monoisotopic (exact) mass is 272 g/mol. The third-order valence-corrected chi connectivity index (χ3v) is 3.30. The molecule has 2 N–H and O–H groups in total. The van der Waals surface area contributed by atoms with Crippen molar-refractivity contribution in [3.05, 3.63) is 46.8 Å². The highest BCUT2D eigenvalue weighted by atomic mass is 16.1. The molecule has 4 nitrogen and oxygen atoms in total. The van der Waals surface area contributed by atoms with Crippen molar-refractivity contribution in [2.24, 2.45) is 0 Å². The smallest absolute Gasteiger partial charge is 0.188 e. The summed E-state index contributed by atoms with van der Waals surface area (Å²) in [5.41, 5.74) is 2.46. The van der Waals surface area contributed by atoms with Crippen molar-refractivity contribution in [3.8, 4) is 0 Å². The quantitative estimate of drug-likeness (QED) is 0.724. The molecule has 2 aliphatic carbocycles. The van der Waals surface area contributed by atoms with E-state index in [4.69, 9.17) is 0 Å². The molecule has 0 fully saturated rings. The highest BCUT2D eigenvalue weighted by Gasteiger charge is 2.29. The Labute approximate surface area is 119 Å². The van der Waals surface area contributed by atoms with Crippen LogP contribution >= 0.6 is 0 Å². The van der Waals surface area contributed by atoms with Crippen LogP contribution < -0.4 is 10.6 Å². The van der Waals surface area contributed by atoms with Crippen molar-refractivity contribution in [1.82, 2.24) is 10.6 Å². The van der Waals surface area contributed by atoms with Crippen LogP contribution in [-0.2, 0) is 9.59 Å². The first-order valence-electron chi connectivity index (χ1n) is 7.10. The average molecular weight is 272 g/mol. The number of carbonyl (C=O) groups excluding carboxylic acids is 2. The van der Waals surface area contributed by atoms with Gasteiger partial charge in [0.05, 0.1) is 11.1 Å². The van der Waals surface area contributed by atoms with E-state index in [1.54, 1.807) is 12.2 Å². The molecular weight excluding hydrogens is 252 g/mol. The predicted octanol–water partition coefficient (Wildman–Crippen LogP) is 1.77. The Hall–Kier alpha value is -2.10. The first-order valence-corrected chi connectivity index (χ1v) is 7.10. The molecule has 4 heteroatoms. The summed E-state index contributed by atoms with van der Waals surface area (Å²) < 4.78 is 0. The molecule has 0 aromatic heterocycles. The van der Waals surface area contributed by atoms with Crippen LogP contribution in [0.25, 0.3) is 0 Å². The predicted molar refractivity (Wildman–Crippen MR) is 78.9 cm³/mol. The molecule has 0 spiro atoms. The topological polar surface area (TPSA) is 58.2 Å². The van der Waals surface area contributed by atoms with Gasteiger partial charge in [-0.25, -0.2) is 0 Å². The van der Waals surface area contributed by atoms with Crippen LogP contribution in [0.5, 0.6) is 0 Å². The van der Waals surface area contributed by atoms with Crippen LogP contribution in [0.4, 0.5) is 0 Å². The van der Waals surface area contributed by atoms with Crippen LogP contribution in [-0.4, -0.2) is 24.7 Å². The molecule has 0 amide bonds. The summed E-state index contributed by atoms with van der Waals surface area (Å²) >= 11 is 0. The zero-order valence-corrected chi connectivity index (χ0v) is 12.0. The van der Waals surface area contributed by atoms with Crippen molar-refractivity contribution < 1.29 is 9.59 Å². The summed E-state index contributed by atoms with van der Waals surface area (Å²) in [6.45, 7) is 5.59. The molecule has 0 bridgehead atoms. The minimum atomic E-state index is -0.116. The number of hydrogen-bond acceptors (Lipinski definition) is 4. The molecule has 20 heavy (non-hydrogen) atoms. The van der Waals surface area contributed by atoms with Crippen molar-refractivity contribution >= 4 is 11.6 Å². The van der Waals surface area contributed by atoms with Gasteiger partial charge in [-0.3, -0.25) is 9.59 Å². The number of carbonyl (C=O) groups is 2. The Kier molecular flexibility index (Phi) is 4.56. The molecular formula is C16H20N2O2. The minimum Gasteiger partial charge on any atom is -0.385 e. The second-order valence-electron chi connectivity index (χ2n) is 4.78. The van der Waals surface area contributed by atoms with Gasteiger partial charge in [0, 0.05) is 24.5 Å². The van der Waals surface area contributed by atoms with Gasteiger partial charge in [-0.15, -0.1) is 0 Å². The molecule has 106 valence electrons. The number of fused-ring (bicyclic) bond motifs is 1. The van der Waals surface area contributed by atoms with Gasteiger partial charge in [-0.1, -0.05) is 13.3 Å². The van der Waals surface area contributed by atoms with E-state index in [9.17, 15) is 9.59 Å². The highest BCUT2D eigenvalue weighted by Crippen LogP contribution is 2.28. The molecule has 0 saturated heterocycles. The molecule has 2 aliphatic rings. The van der Waals surface area contributed by atoms with Gasteiger partial charge >= 0.3 is 0 Å². The molecule has 0 unspecified atom stereocenters. The molecule has 0 aromatic carbocycles. The van der Waals surface area contributed by atoms with Crippen LogP contribution in [0.3, 0.4) is 0 Å². The Balaban J connectivity index is 2.40. The van der Waals surface area contributed by atoms with Crippen LogP contribution in [0.15, 0.2) is 46.8 Å². The molecule has 0 saturated carbocycles. The number of nitrogens with one attached hydrogen (secondary N) is 2. The maximum atomic E-state index is 12.1. The van der Waals surface area contributed by atoms with Gasteiger partial charge in [0.1, 0.15) is 0 Å². The highest BCUT2D eigenvalue weighted by molar-refractivity contribution is 6.23. The van der Waals surface area contributed by atoms with Gasteiger partial charge < -0.3 is 10.6 Å². The first-order chi connectivity index (χ1) is 9.69. The lowest BCUT2D eigenvalue weighted by Crippen LogP contribution is -2.29. The van der Waals surface area contributed by atoms with E-state index in [1.165, 1.54) is 12.2 Å². The van der Waals surface area contributed by atoms with Crippen molar-refractivity contribution in [3.63, 3.8) is 0 Å². The van der Waals surface area contributed by atoms with Crippen LogP contribution in [0.2, 0.25) is 0 Å². The third-order valence-electron chi connectivity index (χ3n) is 3.30. The zero-order chi connectivity index (χ0) is 14.5. The average Bonchev–Trinajstić information content (AvgIpc) is 2.44. The van der Waals surface area contributed by atoms with Crippen LogP contribution in [0.1, 0.15) is 26.7 Å². The molecule has 0 radical (unpaired) electrons. The normalized spacial score (nSPS) is 17.7. The number of hydrogen-bond donors (Lipinski definition) is 2. The second-order valence-corrected chi connectivity index (χ2v) is 4.78. The summed E-state index contributed by atoms with van der Waals surface area (Å²) in [5.74, 6) is -0.229. The van der Waals surface area contributed by atoms with E-state index >= 15 is 0 Å². The molecule has 0 heterocycles. The lowest BCUT2D eigenvalue weighted by Gasteiger charge is -2.23. The second kappa shape index (κ2) is 6.37. The third kappa shape index (κ3) is 2.74. The van der Waals surface area contributed by atoms with Gasteiger partial charge in [-0.2, -0.15) is 0 Å². The summed E-state index contributed by atoms with van der Waals surface area (Å²) in [6, 6.07) is 0. The lowest BCUT2D eigenvalue weighted by molar-refractivity contribution is -0.114. The SMILES string of the molecule is CCCCNC1=C2C(=O)C=CC(NCC)=C2C(=O)C=C1. The van der Waals surface area contributed by atoms with Gasteiger partial charge in [0.15, 0.2) is 11.6 Å². The van der Waals surface area contributed by atoms with E-state index in [0.29, 0.717) is 17.7 Å². The van der Waals surface area contributed by atoms with Crippen molar-refractivity contribution in [2.75, 3.05) is 13.1 Å². The summed E-state index contributed by atoms with van der Waals surface area (Å²) in [5, 5.41) is 6.41. The van der Waals surface area contributed by atoms with E-state index in [0.717, 1.165) is 30.8 Å². The Morgan fingerprint density at radius 3 is 1.90 bits per heavy atom. The molecule has 0 aliphatic heterocycles. The summed E-state index contributed by atoms with van der Waals surface area (Å²) in [4.78, 5) is 24.2. The van der Waals surface area contributed by atoms with E-state index in [1.807, 2.05) is 6.92 Å². The minimum absolute atomic E-state index is 0.113. The molecule has 0 atom stereocenters. The van der Waals surface area contributed by atoms with E-state index in [-0.39, 0.29) is 11.6 Å². The fourth-order valence-electron chi connectivity index (χ4n) is 2.32. The fourth-order valence-corrected chi connectivity index (χ4v) is 2.32. The van der Waals surface area contributed by atoms with Crippen molar-refractivity contribution in [1.29, 1.82) is 0 Å². The van der Waals surface area contributed by atoms with Gasteiger partial charge in [0.25, 0.3) is 0 Å². The molecule has 0 aromatic rings. The van der Waals surface area contributed by atoms with E-state index < -0.39 is 0 Å². The molecule has 2 rings (SSSR count).